The van der Waals surface area contributed by atoms with E-state index in [0.29, 0.717) is 12.6 Å². The molecule has 7 nitrogen and oxygen atoms in total. The van der Waals surface area contributed by atoms with E-state index in [1.54, 1.807) is 4.90 Å². The molecule has 1 aliphatic rings. The fourth-order valence-electron chi connectivity index (χ4n) is 2.53. The zero-order valence-electron chi connectivity index (χ0n) is 13.9. The van der Waals surface area contributed by atoms with E-state index < -0.39 is 6.29 Å². The number of carbonyl (C=O) groups is 1. The topological polar surface area (TPSA) is 79.7 Å². The maximum Gasteiger partial charge on any atom is 0.272 e. The quantitative estimate of drug-likeness (QED) is 0.912. The summed E-state index contributed by atoms with van der Waals surface area (Å²) in [5, 5.41) is 3.09. The van der Waals surface area contributed by atoms with Crippen LogP contribution in [0.3, 0.4) is 0 Å². The van der Waals surface area contributed by atoms with Gasteiger partial charge in [-0.1, -0.05) is 0 Å². The van der Waals surface area contributed by atoms with Crippen molar-refractivity contribution in [3.05, 3.63) is 41.7 Å². The molecule has 0 radical (unpaired) electrons. The number of hydrogen-bond donors (Lipinski definition) is 1. The van der Waals surface area contributed by atoms with E-state index in [1.807, 2.05) is 51.1 Å². The van der Waals surface area contributed by atoms with Gasteiger partial charge in [-0.3, -0.25) is 9.69 Å². The molecule has 1 aromatic carbocycles. The van der Waals surface area contributed by atoms with Crippen molar-refractivity contribution in [2.45, 2.75) is 27.1 Å². The molecule has 1 amide bonds. The molecule has 0 saturated heterocycles. The van der Waals surface area contributed by atoms with E-state index in [0.717, 1.165) is 22.8 Å². The third-order valence-corrected chi connectivity index (χ3v) is 3.47. The maximum atomic E-state index is 12.2. The molecule has 1 aromatic heterocycles. The highest BCUT2D eigenvalue weighted by Crippen LogP contribution is 2.24. The Balaban J connectivity index is 1.82. The smallest absolute Gasteiger partial charge is 0.272 e. The van der Waals surface area contributed by atoms with Crippen molar-refractivity contribution >= 4 is 23.8 Å². The molecule has 1 aliphatic heterocycles. The first-order valence-corrected chi connectivity index (χ1v) is 7.75. The Morgan fingerprint density at radius 2 is 1.83 bits per heavy atom. The van der Waals surface area contributed by atoms with Crippen molar-refractivity contribution in [2.24, 2.45) is 4.99 Å². The highest BCUT2D eigenvalue weighted by Gasteiger charge is 2.29. The number of rotatable bonds is 5. The van der Waals surface area contributed by atoms with Gasteiger partial charge in [0.25, 0.3) is 5.91 Å². The SMILES string of the molecule is CCOc1ccc(N2C(=O)C=NC2Nc2nc(C)cc(C)n2)cc1. The number of aromatic nitrogens is 2. The second kappa shape index (κ2) is 6.66. The van der Waals surface area contributed by atoms with Crippen LogP contribution in [0.5, 0.6) is 5.75 Å². The van der Waals surface area contributed by atoms with Crippen LogP contribution in [0.4, 0.5) is 11.6 Å². The lowest BCUT2D eigenvalue weighted by molar-refractivity contribution is -0.111. The molecule has 0 fully saturated rings. The Labute approximate surface area is 140 Å². The van der Waals surface area contributed by atoms with Crippen LogP contribution >= 0.6 is 0 Å². The minimum Gasteiger partial charge on any atom is -0.494 e. The van der Waals surface area contributed by atoms with E-state index in [4.69, 9.17) is 4.74 Å². The molecule has 1 atom stereocenters. The number of hydrogen-bond acceptors (Lipinski definition) is 6. The average molecular weight is 325 g/mol. The summed E-state index contributed by atoms with van der Waals surface area (Å²) >= 11 is 0. The van der Waals surface area contributed by atoms with Crippen LogP contribution in [-0.4, -0.2) is 35.0 Å². The molecule has 2 aromatic rings. The molecular formula is C17H19N5O2. The molecule has 3 rings (SSSR count). The average Bonchev–Trinajstić information content (AvgIpc) is 2.88. The van der Waals surface area contributed by atoms with Crippen LogP contribution in [0, 0.1) is 13.8 Å². The summed E-state index contributed by atoms with van der Waals surface area (Å²) in [7, 11) is 0. The second-order valence-corrected chi connectivity index (χ2v) is 5.41. The Morgan fingerprint density at radius 3 is 2.46 bits per heavy atom. The largest absolute Gasteiger partial charge is 0.494 e. The van der Waals surface area contributed by atoms with E-state index in [1.165, 1.54) is 6.21 Å². The van der Waals surface area contributed by atoms with Gasteiger partial charge in [-0.05, 0) is 51.1 Å². The zero-order chi connectivity index (χ0) is 17.1. The van der Waals surface area contributed by atoms with Crippen LogP contribution in [0.25, 0.3) is 0 Å². The van der Waals surface area contributed by atoms with Crippen molar-refractivity contribution in [3.63, 3.8) is 0 Å². The molecule has 1 N–H and O–H groups in total. The summed E-state index contributed by atoms with van der Waals surface area (Å²) in [4.78, 5) is 26.6. The minimum atomic E-state index is -0.573. The lowest BCUT2D eigenvalue weighted by Crippen LogP contribution is -2.39. The van der Waals surface area contributed by atoms with Crippen LogP contribution < -0.4 is 15.0 Å². The third kappa shape index (κ3) is 3.34. The Kier molecular flexibility index (Phi) is 4.41. The summed E-state index contributed by atoms with van der Waals surface area (Å²) in [6.45, 7) is 6.31. The summed E-state index contributed by atoms with van der Waals surface area (Å²) in [6.07, 6.45) is 0.730. The Morgan fingerprint density at radius 1 is 1.17 bits per heavy atom. The fraction of sp³-hybridized carbons (Fsp3) is 0.294. The number of amides is 1. The fourth-order valence-corrected chi connectivity index (χ4v) is 2.53. The van der Waals surface area contributed by atoms with Gasteiger partial charge in [-0.15, -0.1) is 0 Å². The van der Waals surface area contributed by atoms with E-state index in [9.17, 15) is 4.79 Å². The van der Waals surface area contributed by atoms with Crippen molar-refractivity contribution in [2.75, 3.05) is 16.8 Å². The molecule has 0 saturated carbocycles. The number of nitrogens with one attached hydrogen (secondary N) is 1. The zero-order valence-corrected chi connectivity index (χ0v) is 13.9. The van der Waals surface area contributed by atoms with Gasteiger partial charge < -0.3 is 10.1 Å². The number of aryl methyl sites for hydroxylation is 2. The van der Waals surface area contributed by atoms with Crippen molar-refractivity contribution in [1.29, 1.82) is 0 Å². The van der Waals surface area contributed by atoms with Crippen molar-refractivity contribution < 1.29 is 9.53 Å². The highest BCUT2D eigenvalue weighted by atomic mass is 16.5. The van der Waals surface area contributed by atoms with Crippen LogP contribution in [0.2, 0.25) is 0 Å². The van der Waals surface area contributed by atoms with Gasteiger partial charge in [0.15, 0.2) is 0 Å². The van der Waals surface area contributed by atoms with Gasteiger partial charge in [0, 0.05) is 17.1 Å². The first kappa shape index (κ1) is 15.9. The standard InChI is InChI=1S/C17H19N5O2/c1-4-24-14-7-5-13(6-8-14)22-15(23)10-18-17(22)21-16-19-11(2)9-12(3)20-16/h5-10,17H,4H2,1-3H3,(H,19,20,21). The van der Waals surface area contributed by atoms with E-state index in [-0.39, 0.29) is 5.91 Å². The van der Waals surface area contributed by atoms with Crippen LogP contribution in [-0.2, 0) is 4.79 Å². The summed E-state index contributed by atoms with van der Waals surface area (Å²) in [5.74, 6) is 1.01. The molecule has 7 heteroatoms. The molecule has 24 heavy (non-hydrogen) atoms. The number of anilines is 2. The number of aliphatic imine (C=N–C) groups is 1. The predicted molar refractivity (Wildman–Crippen MR) is 92.5 cm³/mol. The van der Waals surface area contributed by atoms with Crippen LogP contribution in [0.15, 0.2) is 35.3 Å². The van der Waals surface area contributed by atoms with Gasteiger partial charge in [0.2, 0.25) is 12.2 Å². The van der Waals surface area contributed by atoms with Crippen molar-refractivity contribution in [3.8, 4) is 5.75 Å². The first-order chi connectivity index (χ1) is 11.6. The molecule has 124 valence electrons. The molecule has 1 unspecified atom stereocenters. The summed E-state index contributed by atoms with van der Waals surface area (Å²) in [6, 6.07) is 9.20. The normalized spacial score (nSPS) is 16.5. The molecule has 0 bridgehead atoms. The monoisotopic (exact) mass is 325 g/mol. The van der Waals surface area contributed by atoms with Gasteiger partial charge in [0.05, 0.1) is 12.8 Å². The molecular weight excluding hydrogens is 306 g/mol. The van der Waals surface area contributed by atoms with E-state index in [2.05, 4.69) is 20.3 Å². The lowest BCUT2D eigenvalue weighted by Gasteiger charge is -2.24. The number of nitrogens with zero attached hydrogens (tertiary/aromatic N) is 4. The predicted octanol–water partition coefficient (Wildman–Crippen LogP) is 2.31. The number of carbonyl (C=O) groups excluding carboxylic acids is 1. The third-order valence-electron chi connectivity index (χ3n) is 3.47. The van der Waals surface area contributed by atoms with Gasteiger partial charge >= 0.3 is 0 Å². The van der Waals surface area contributed by atoms with Crippen molar-refractivity contribution in [1.82, 2.24) is 9.97 Å². The van der Waals surface area contributed by atoms with Gasteiger partial charge in [0.1, 0.15) is 5.75 Å². The summed E-state index contributed by atoms with van der Waals surface area (Å²) in [5.41, 5.74) is 2.43. The summed E-state index contributed by atoms with van der Waals surface area (Å²) < 4.78 is 5.43. The Bertz CT molecular complexity index is 753. The lowest BCUT2D eigenvalue weighted by atomic mass is 10.2. The number of benzene rings is 1. The molecule has 2 heterocycles. The van der Waals surface area contributed by atoms with Gasteiger partial charge in [-0.25, -0.2) is 15.0 Å². The highest BCUT2D eigenvalue weighted by molar-refractivity contribution is 6.34. The minimum absolute atomic E-state index is 0.193. The molecule has 0 spiro atoms. The number of ether oxygens (including phenoxy) is 1. The first-order valence-electron chi connectivity index (χ1n) is 7.75. The van der Waals surface area contributed by atoms with E-state index >= 15 is 0 Å². The van der Waals surface area contributed by atoms with Crippen LogP contribution in [0.1, 0.15) is 18.3 Å². The molecule has 0 aliphatic carbocycles. The maximum absolute atomic E-state index is 12.2. The second-order valence-electron chi connectivity index (χ2n) is 5.41. The van der Waals surface area contributed by atoms with Gasteiger partial charge in [-0.2, -0.15) is 0 Å². The Hall–Kier alpha value is -2.96.